The first-order valence-corrected chi connectivity index (χ1v) is 7.06. The highest BCUT2D eigenvalue weighted by Crippen LogP contribution is 2.30. The van der Waals surface area contributed by atoms with Gasteiger partial charge in [0.1, 0.15) is 0 Å². The molecular weight excluding hydrogens is 277 g/mol. The van der Waals surface area contributed by atoms with Crippen molar-refractivity contribution in [1.29, 1.82) is 0 Å². The molecule has 0 aliphatic carbocycles. The number of halogens is 3. The van der Waals surface area contributed by atoms with Crippen molar-refractivity contribution in [1.82, 2.24) is 10.2 Å². The second-order valence-electron chi connectivity index (χ2n) is 6.62. The van der Waals surface area contributed by atoms with Crippen LogP contribution in [0, 0.1) is 5.41 Å². The van der Waals surface area contributed by atoms with E-state index in [0.29, 0.717) is 0 Å². The van der Waals surface area contributed by atoms with Crippen LogP contribution in [0.1, 0.15) is 37.9 Å². The number of rotatable bonds is 6. The number of hydrogen-bond acceptors (Lipinski definition) is 2. The molecule has 2 nitrogen and oxygen atoms in total. The maximum Gasteiger partial charge on any atom is 0.416 e. The van der Waals surface area contributed by atoms with E-state index in [4.69, 9.17) is 0 Å². The molecule has 1 aromatic rings. The molecule has 1 unspecified atom stereocenters. The molecule has 0 aliphatic heterocycles. The van der Waals surface area contributed by atoms with Crippen molar-refractivity contribution in [2.75, 3.05) is 27.2 Å². The lowest BCUT2D eigenvalue weighted by Crippen LogP contribution is -2.38. The molecule has 0 saturated carbocycles. The zero-order valence-corrected chi connectivity index (χ0v) is 13.4. The van der Waals surface area contributed by atoms with Gasteiger partial charge < -0.3 is 10.2 Å². The highest BCUT2D eigenvalue weighted by atomic mass is 19.4. The van der Waals surface area contributed by atoms with Crippen LogP contribution in [0.2, 0.25) is 0 Å². The molecule has 1 atom stereocenters. The summed E-state index contributed by atoms with van der Waals surface area (Å²) in [6, 6.07) is 5.38. The van der Waals surface area contributed by atoms with Gasteiger partial charge in [-0.15, -0.1) is 0 Å². The van der Waals surface area contributed by atoms with Crippen molar-refractivity contribution in [3.05, 3.63) is 35.4 Å². The van der Waals surface area contributed by atoms with Gasteiger partial charge >= 0.3 is 6.18 Å². The Morgan fingerprint density at radius 2 is 1.62 bits per heavy atom. The van der Waals surface area contributed by atoms with Gasteiger partial charge in [0, 0.05) is 19.1 Å². The van der Waals surface area contributed by atoms with E-state index in [2.05, 4.69) is 24.1 Å². The molecule has 1 N–H and O–H groups in total. The summed E-state index contributed by atoms with van der Waals surface area (Å²) in [5.74, 6) is 0. The maximum atomic E-state index is 12.5. The minimum atomic E-state index is -4.27. The lowest BCUT2D eigenvalue weighted by Gasteiger charge is -2.30. The molecule has 5 heteroatoms. The molecule has 0 aliphatic rings. The van der Waals surface area contributed by atoms with E-state index in [0.717, 1.165) is 30.8 Å². The molecular formula is C16H25F3N2. The van der Waals surface area contributed by atoms with Gasteiger partial charge in [0.05, 0.1) is 5.56 Å². The minimum absolute atomic E-state index is 0.0220. The van der Waals surface area contributed by atoms with Crippen molar-refractivity contribution in [2.45, 2.75) is 33.0 Å². The van der Waals surface area contributed by atoms with Crippen molar-refractivity contribution >= 4 is 0 Å². The molecule has 1 aromatic carbocycles. The van der Waals surface area contributed by atoms with E-state index in [-0.39, 0.29) is 11.5 Å². The molecule has 0 radical (unpaired) electrons. The summed E-state index contributed by atoms with van der Waals surface area (Å²) in [6.45, 7) is 8.04. The van der Waals surface area contributed by atoms with Gasteiger partial charge in [-0.3, -0.25) is 0 Å². The number of nitrogens with zero attached hydrogens (tertiary/aromatic N) is 1. The zero-order chi connectivity index (χ0) is 16.3. The predicted octanol–water partition coefficient (Wildman–Crippen LogP) is 3.94. The minimum Gasteiger partial charge on any atom is -0.310 e. The average molecular weight is 302 g/mol. The normalized spacial score (nSPS) is 14.5. The van der Waals surface area contributed by atoms with Crippen LogP contribution < -0.4 is 5.32 Å². The van der Waals surface area contributed by atoms with Gasteiger partial charge in [0.25, 0.3) is 0 Å². The number of benzene rings is 1. The van der Waals surface area contributed by atoms with Gasteiger partial charge in [-0.05, 0) is 44.1 Å². The van der Waals surface area contributed by atoms with E-state index < -0.39 is 11.7 Å². The summed E-state index contributed by atoms with van der Waals surface area (Å²) in [6.07, 6.45) is -4.27. The summed E-state index contributed by atoms with van der Waals surface area (Å²) in [7, 11) is 4.06. The van der Waals surface area contributed by atoms with Crippen LogP contribution in [-0.2, 0) is 6.18 Å². The Bertz CT molecular complexity index is 436. The monoisotopic (exact) mass is 302 g/mol. The topological polar surface area (TPSA) is 15.3 Å². The summed E-state index contributed by atoms with van der Waals surface area (Å²) in [5, 5.41) is 3.39. The van der Waals surface area contributed by atoms with Gasteiger partial charge in [0.2, 0.25) is 0 Å². The second-order valence-corrected chi connectivity index (χ2v) is 6.62. The van der Waals surface area contributed by atoms with Crippen molar-refractivity contribution in [3.63, 3.8) is 0 Å². The molecule has 1 rings (SSSR count). The SMILES string of the molecule is CC(NCC(C)(C)CN(C)C)c1ccc(C(F)(F)F)cc1. The first kappa shape index (κ1) is 18.0. The molecule has 0 aromatic heterocycles. The molecule has 21 heavy (non-hydrogen) atoms. The first-order valence-electron chi connectivity index (χ1n) is 7.06. The van der Waals surface area contributed by atoms with Crippen LogP contribution in [-0.4, -0.2) is 32.1 Å². The predicted molar refractivity (Wildman–Crippen MR) is 80.2 cm³/mol. The Balaban J connectivity index is 2.62. The van der Waals surface area contributed by atoms with Gasteiger partial charge in [-0.25, -0.2) is 0 Å². The van der Waals surface area contributed by atoms with Crippen LogP contribution in [0.5, 0.6) is 0 Å². The molecule has 0 heterocycles. The largest absolute Gasteiger partial charge is 0.416 e. The third-order valence-corrected chi connectivity index (χ3v) is 3.37. The fourth-order valence-corrected chi connectivity index (χ4v) is 2.42. The third kappa shape index (κ3) is 6.06. The molecule has 0 amide bonds. The lowest BCUT2D eigenvalue weighted by molar-refractivity contribution is -0.137. The van der Waals surface area contributed by atoms with Crippen LogP contribution >= 0.6 is 0 Å². The Morgan fingerprint density at radius 1 is 1.10 bits per heavy atom. The van der Waals surface area contributed by atoms with E-state index in [1.165, 1.54) is 0 Å². The zero-order valence-electron chi connectivity index (χ0n) is 13.4. The summed E-state index contributed by atoms with van der Waals surface area (Å²) >= 11 is 0. The van der Waals surface area contributed by atoms with Gasteiger partial charge in [0.15, 0.2) is 0 Å². The van der Waals surface area contributed by atoms with Crippen molar-refractivity contribution in [3.8, 4) is 0 Å². The smallest absolute Gasteiger partial charge is 0.310 e. The number of alkyl halides is 3. The first-order chi connectivity index (χ1) is 9.51. The third-order valence-electron chi connectivity index (χ3n) is 3.37. The van der Waals surface area contributed by atoms with E-state index in [1.54, 1.807) is 12.1 Å². The summed E-state index contributed by atoms with van der Waals surface area (Å²) in [5.41, 5.74) is 0.360. The second kappa shape index (κ2) is 6.79. The lowest BCUT2D eigenvalue weighted by atomic mass is 9.92. The van der Waals surface area contributed by atoms with Crippen molar-refractivity contribution < 1.29 is 13.2 Å². The molecule has 120 valence electrons. The highest BCUT2D eigenvalue weighted by Gasteiger charge is 2.30. The van der Waals surface area contributed by atoms with Crippen molar-refractivity contribution in [2.24, 2.45) is 5.41 Å². The highest BCUT2D eigenvalue weighted by molar-refractivity contribution is 5.26. The average Bonchev–Trinajstić information content (AvgIpc) is 2.33. The standard InChI is InChI=1S/C16H25F3N2/c1-12(20-10-15(2,3)11-21(4)5)13-6-8-14(9-7-13)16(17,18)19/h6-9,12,20H,10-11H2,1-5H3. The van der Waals surface area contributed by atoms with Crippen LogP contribution in [0.25, 0.3) is 0 Å². The quantitative estimate of drug-likeness (QED) is 0.856. The molecule has 0 spiro atoms. The summed E-state index contributed by atoms with van der Waals surface area (Å²) in [4.78, 5) is 2.13. The Hall–Kier alpha value is -1.07. The van der Waals surface area contributed by atoms with E-state index in [9.17, 15) is 13.2 Å². The Kier molecular flexibility index (Phi) is 5.82. The number of hydrogen-bond donors (Lipinski definition) is 1. The van der Waals surface area contributed by atoms with Crippen LogP contribution in [0.4, 0.5) is 13.2 Å². The van der Waals surface area contributed by atoms with Gasteiger partial charge in [-0.2, -0.15) is 13.2 Å². The van der Waals surface area contributed by atoms with Crippen LogP contribution in [0.15, 0.2) is 24.3 Å². The maximum absolute atomic E-state index is 12.5. The van der Waals surface area contributed by atoms with E-state index in [1.807, 2.05) is 21.0 Å². The molecule has 0 fully saturated rings. The van der Waals surface area contributed by atoms with Gasteiger partial charge in [-0.1, -0.05) is 26.0 Å². The summed E-state index contributed by atoms with van der Waals surface area (Å²) < 4.78 is 37.6. The Morgan fingerprint density at radius 3 is 2.05 bits per heavy atom. The molecule has 0 bridgehead atoms. The molecule has 0 saturated heterocycles. The van der Waals surface area contributed by atoms with E-state index >= 15 is 0 Å². The van der Waals surface area contributed by atoms with Crippen LogP contribution in [0.3, 0.4) is 0 Å². The Labute approximate surface area is 125 Å². The fraction of sp³-hybridized carbons (Fsp3) is 0.625. The number of nitrogens with one attached hydrogen (secondary N) is 1. The fourth-order valence-electron chi connectivity index (χ4n) is 2.42.